The summed E-state index contributed by atoms with van der Waals surface area (Å²) in [6, 6.07) is 1.40. The van der Waals surface area contributed by atoms with Crippen molar-refractivity contribution in [3.63, 3.8) is 0 Å². The number of imidazole rings is 1. The third-order valence-electron chi connectivity index (χ3n) is 2.48. The number of carbonyl (C=O) groups excluding carboxylic acids is 1. The molecule has 0 aliphatic carbocycles. The zero-order chi connectivity index (χ0) is 13.3. The summed E-state index contributed by atoms with van der Waals surface area (Å²) in [4.78, 5) is 27.5. The number of amides is 1. The number of aromatic nitrogens is 2. The van der Waals surface area contributed by atoms with Crippen LogP contribution >= 0.6 is 11.6 Å². The van der Waals surface area contributed by atoms with Crippen LogP contribution in [0, 0.1) is 0 Å². The quantitative estimate of drug-likeness (QED) is 0.641. The maximum Gasteiger partial charge on any atom is 0.323 e. The molecule has 0 fully saturated rings. The first-order valence-electron chi connectivity index (χ1n) is 5.46. The Balaban J connectivity index is 2.49. The number of phenolic OH excluding ortho intramolecular Hbond substituents is 1. The first kappa shape index (κ1) is 12.5. The Labute approximate surface area is 107 Å². The summed E-state index contributed by atoms with van der Waals surface area (Å²) in [7, 11) is 0. The summed E-state index contributed by atoms with van der Waals surface area (Å²) in [5.74, 6) is -0.432. The monoisotopic (exact) mass is 269 g/mol. The number of aromatic amines is 2. The fraction of sp³-hybridized carbons (Fsp3) is 0.273. The number of halogens is 1. The first-order chi connectivity index (χ1) is 8.52. The molecule has 0 unspecified atom stereocenters. The lowest BCUT2D eigenvalue weighted by Crippen LogP contribution is -2.10. The fourth-order valence-electron chi connectivity index (χ4n) is 1.68. The number of H-pyrrole nitrogens is 2. The molecule has 0 radical (unpaired) electrons. The van der Waals surface area contributed by atoms with E-state index in [-0.39, 0.29) is 27.9 Å². The maximum atomic E-state index is 11.5. The van der Waals surface area contributed by atoms with Crippen molar-refractivity contribution in [2.24, 2.45) is 0 Å². The zero-order valence-electron chi connectivity index (χ0n) is 9.63. The van der Waals surface area contributed by atoms with Gasteiger partial charge in [0.1, 0.15) is 5.52 Å². The molecule has 7 heteroatoms. The van der Waals surface area contributed by atoms with Gasteiger partial charge in [0.25, 0.3) is 0 Å². The molecule has 2 aromatic rings. The van der Waals surface area contributed by atoms with Crippen LogP contribution in [0.25, 0.3) is 11.0 Å². The Bertz CT molecular complexity index is 659. The number of aromatic hydroxyl groups is 1. The summed E-state index contributed by atoms with van der Waals surface area (Å²) in [6.07, 6.45) is 1.04. The van der Waals surface area contributed by atoms with E-state index in [1.807, 2.05) is 6.92 Å². The average molecular weight is 270 g/mol. The van der Waals surface area contributed by atoms with E-state index in [1.165, 1.54) is 6.07 Å². The van der Waals surface area contributed by atoms with Crippen molar-refractivity contribution in [2.75, 3.05) is 5.32 Å². The minimum Gasteiger partial charge on any atom is -0.504 e. The molecule has 18 heavy (non-hydrogen) atoms. The highest BCUT2D eigenvalue weighted by atomic mass is 35.5. The molecule has 0 spiro atoms. The number of benzene rings is 1. The molecule has 0 atom stereocenters. The van der Waals surface area contributed by atoms with E-state index in [0.29, 0.717) is 18.4 Å². The number of hydrogen-bond acceptors (Lipinski definition) is 3. The molecule has 4 N–H and O–H groups in total. The Kier molecular flexibility index (Phi) is 3.29. The van der Waals surface area contributed by atoms with E-state index in [0.717, 1.165) is 0 Å². The lowest BCUT2D eigenvalue weighted by atomic mass is 10.2. The smallest absolute Gasteiger partial charge is 0.323 e. The fourth-order valence-corrected chi connectivity index (χ4v) is 1.93. The van der Waals surface area contributed by atoms with Gasteiger partial charge < -0.3 is 20.4 Å². The van der Waals surface area contributed by atoms with Gasteiger partial charge in [0.2, 0.25) is 5.91 Å². The van der Waals surface area contributed by atoms with E-state index in [2.05, 4.69) is 15.3 Å². The van der Waals surface area contributed by atoms with Crippen LogP contribution < -0.4 is 11.0 Å². The highest BCUT2D eigenvalue weighted by molar-refractivity contribution is 6.35. The molecule has 0 bridgehead atoms. The SMILES string of the molecule is CCCC(=O)Nc1cc(Cl)c2[nH]c(=O)[nH]c2c1O. The normalized spacial score (nSPS) is 10.8. The van der Waals surface area contributed by atoms with Crippen LogP contribution in [0.15, 0.2) is 10.9 Å². The molecule has 0 saturated carbocycles. The summed E-state index contributed by atoms with van der Waals surface area (Å²) >= 11 is 5.96. The van der Waals surface area contributed by atoms with Crippen LogP contribution in [-0.4, -0.2) is 21.0 Å². The second-order valence-electron chi connectivity index (χ2n) is 3.88. The molecule has 96 valence electrons. The van der Waals surface area contributed by atoms with Gasteiger partial charge in [-0.3, -0.25) is 4.79 Å². The first-order valence-corrected chi connectivity index (χ1v) is 5.84. The zero-order valence-corrected chi connectivity index (χ0v) is 10.4. The van der Waals surface area contributed by atoms with Gasteiger partial charge in [-0.05, 0) is 12.5 Å². The number of phenols is 1. The van der Waals surface area contributed by atoms with Gasteiger partial charge in [0.15, 0.2) is 5.75 Å². The molecular weight excluding hydrogens is 258 g/mol. The summed E-state index contributed by atoms with van der Waals surface area (Å²) in [5, 5.41) is 12.7. The second-order valence-corrected chi connectivity index (χ2v) is 4.29. The van der Waals surface area contributed by atoms with Crippen molar-refractivity contribution in [1.29, 1.82) is 0 Å². The molecule has 0 aliphatic heterocycles. The van der Waals surface area contributed by atoms with E-state index in [4.69, 9.17) is 11.6 Å². The van der Waals surface area contributed by atoms with E-state index in [1.54, 1.807) is 0 Å². The molecule has 0 aliphatic rings. The van der Waals surface area contributed by atoms with Crippen LogP contribution in [0.5, 0.6) is 5.75 Å². The van der Waals surface area contributed by atoms with Gasteiger partial charge in [-0.1, -0.05) is 18.5 Å². The number of fused-ring (bicyclic) bond motifs is 1. The van der Waals surface area contributed by atoms with Crippen molar-refractivity contribution < 1.29 is 9.90 Å². The van der Waals surface area contributed by atoms with Gasteiger partial charge >= 0.3 is 5.69 Å². The maximum absolute atomic E-state index is 11.5. The predicted molar refractivity (Wildman–Crippen MR) is 69.1 cm³/mol. The van der Waals surface area contributed by atoms with Crippen LogP contribution in [0.4, 0.5) is 5.69 Å². The summed E-state index contributed by atoms with van der Waals surface area (Å²) < 4.78 is 0. The minimum atomic E-state index is -0.473. The predicted octanol–water partition coefficient (Wildman–Crippen LogP) is 1.95. The van der Waals surface area contributed by atoms with Gasteiger partial charge in [0.05, 0.1) is 16.2 Å². The molecule has 6 nitrogen and oxygen atoms in total. The van der Waals surface area contributed by atoms with E-state index < -0.39 is 5.69 Å². The van der Waals surface area contributed by atoms with Crippen molar-refractivity contribution in [2.45, 2.75) is 19.8 Å². The largest absolute Gasteiger partial charge is 0.504 e. The van der Waals surface area contributed by atoms with Gasteiger partial charge in [-0.15, -0.1) is 0 Å². The lowest BCUT2D eigenvalue weighted by Gasteiger charge is -2.08. The lowest BCUT2D eigenvalue weighted by molar-refractivity contribution is -0.116. The van der Waals surface area contributed by atoms with Crippen molar-refractivity contribution in [3.8, 4) is 5.75 Å². The van der Waals surface area contributed by atoms with Crippen LogP contribution in [0.2, 0.25) is 5.02 Å². The Morgan fingerprint density at radius 2 is 2.11 bits per heavy atom. The molecule has 2 rings (SSSR count). The molecular formula is C11H12ClN3O3. The highest BCUT2D eigenvalue weighted by Crippen LogP contribution is 2.35. The molecule has 1 aromatic carbocycles. The topological polar surface area (TPSA) is 98.0 Å². The molecule has 0 saturated heterocycles. The molecule has 1 aromatic heterocycles. The number of hydrogen-bond donors (Lipinski definition) is 4. The third-order valence-corrected chi connectivity index (χ3v) is 2.78. The standard InChI is InChI=1S/C11H12ClN3O3/c1-2-3-7(16)13-6-4-5(12)8-9(10(6)17)15-11(18)14-8/h4,17H,2-3H2,1H3,(H,13,16)(H2,14,15,18). The van der Waals surface area contributed by atoms with Gasteiger partial charge in [0, 0.05) is 6.42 Å². The number of anilines is 1. The van der Waals surface area contributed by atoms with Gasteiger partial charge in [-0.2, -0.15) is 0 Å². The van der Waals surface area contributed by atoms with Crippen LogP contribution in [-0.2, 0) is 4.79 Å². The summed E-state index contributed by atoms with van der Waals surface area (Å²) in [6.45, 7) is 1.87. The summed E-state index contributed by atoms with van der Waals surface area (Å²) in [5.41, 5.74) is 0.201. The third kappa shape index (κ3) is 2.19. The van der Waals surface area contributed by atoms with E-state index >= 15 is 0 Å². The minimum absolute atomic E-state index is 0.180. The van der Waals surface area contributed by atoms with Crippen molar-refractivity contribution in [3.05, 3.63) is 21.6 Å². The second kappa shape index (κ2) is 4.73. The Hall–Kier alpha value is -1.95. The van der Waals surface area contributed by atoms with Crippen LogP contribution in [0.1, 0.15) is 19.8 Å². The van der Waals surface area contributed by atoms with Crippen LogP contribution in [0.3, 0.4) is 0 Å². The number of nitrogens with one attached hydrogen (secondary N) is 3. The van der Waals surface area contributed by atoms with Crippen molar-refractivity contribution in [1.82, 2.24) is 9.97 Å². The number of carbonyl (C=O) groups is 1. The number of rotatable bonds is 3. The average Bonchev–Trinajstić information content (AvgIpc) is 2.69. The van der Waals surface area contributed by atoms with Gasteiger partial charge in [-0.25, -0.2) is 4.79 Å². The molecule has 1 amide bonds. The van der Waals surface area contributed by atoms with E-state index in [9.17, 15) is 14.7 Å². The Morgan fingerprint density at radius 1 is 1.44 bits per heavy atom. The Morgan fingerprint density at radius 3 is 2.78 bits per heavy atom. The molecule has 1 heterocycles. The van der Waals surface area contributed by atoms with Crippen molar-refractivity contribution >= 4 is 34.2 Å². The highest BCUT2D eigenvalue weighted by Gasteiger charge is 2.14.